The minimum absolute atomic E-state index is 0.656. The summed E-state index contributed by atoms with van der Waals surface area (Å²) in [4.78, 5) is 14.9. The zero-order valence-electron chi connectivity index (χ0n) is 28.8. The first-order valence-corrected chi connectivity index (χ1v) is 17.6. The summed E-state index contributed by atoms with van der Waals surface area (Å²) in [5.74, 6) is 1.97. The Labute approximate surface area is 301 Å². The summed E-state index contributed by atoms with van der Waals surface area (Å²) in [5.41, 5.74) is 12.2. The van der Waals surface area contributed by atoms with Crippen molar-refractivity contribution < 1.29 is 0 Å². The van der Waals surface area contributed by atoms with Crippen molar-refractivity contribution in [1.29, 1.82) is 0 Å². The van der Waals surface area contributed by atoms with Crippen LogP contribution in [0.15, 0.2) is 164 Å². The molecular weight excluding hydrogens is 635 g/mol. The van der Waals surface area contributed by atoms with E-state index >= 15 is 0 Å². The normalized spacial score (nSPS) is 11.7. The molecule has 5 heteroatoms. The van der Waals surface area contributed by atoms with E-state index in [9.17, 15) is 0 Å². The molecule has 246 valence electrons. The van der Waals surface area contributed by atoms with Crippen LogP contribution >= 0.6 is 0 Å². The minimum atomic E-state index is 0.656. The molecule has 0 fully saturated rings. The fourth-order valence-electron chi connectivity index (χ4n) is 7.92. The van der Waals surface area contributed by atoms with Gasteiger partial charge in [0.1, 0.15) is 0 Å². The molecule has 0 amide bonds. The standard InChI is InChI=1S/C47H33N5/c1-30-27-34(47-49-45(32-15-5-3-6-16-32)48-46(50-47)33-17-7-4-8-18-33)28-31(2)44(30)52-42-24-14-11-21-38(42)39-29-35(25-26-43(39)52)51-40-22-12-9-19-36(40)37-20-10-13-23-41(37)51/h3-29H,1-2H3. The SMILES string of the molecule is Cc1cc(-c2nc(-c3ccccc3)nc(-c3ccccc3)n2)cc(C)c1-n1c2ccccc2c2cc(-n3c4ccccc4c4ccccc43)ccc21. The van der Waals surface area contributed by atoms with E-state index in [-0.39, 0.29) is 0 Å². The number of aromatic nitrogens is 5. The van der Waals surface area contributed by atoms with Crippen molar-refractivity contribution >= 4 is 43.6 Å². The van der Waals surface area contributed by atoms with Crippen molar-refractivity contribution in [2.45, 2.75) is 13.8 Å². The van der Waals surface area contributed by atoms with E-state index < -0.39 is 0 Å². The molecule has 0 radical (unpaired) electrons. The Morgan fingerprint density at radius 2 is 0.750 bits per heavy atom. The van der Waals surface area contributed by atoms with Gasteiger partial charge in [0.25, 0.3) is 0 Å². The Morgan fingerprint density at radius 1 is 0.346 bits per heavy atom. The molecule has 0 bridgehead atoms. The molecule has 0 aliphatic rings. The van der Waals surface area contributed by atoms with Gasteiger partial charge in [0, 0.05) is 43.9 Å². The molecule has 52 heavy (non-hydrogen) atoms. The Morgan fingerprint density at radius 3 is 1.27 bits per heavy atom. The minimum Gasteiger partial charge on any atom is -0.309 e. The van der Waals surface area contributed by atoms with Gasteiger partial charge < -0.3 is 9.13 Å². The molecule has 3 aromatic heterocycles. The molecule has 5 nitrogen and oxygen atoms in total. The lowest BCUT2D eigenvalue weighted by atomic mass is 10.0. The summed E-state index contributed by atoms with van der Waals surface area (Å²) >= 11 is 0. The topological polar surface area (TPSA) is 48.5 Å². The van der Waals surface area contributed by atoms with E-state index in [1.807, 2.05) is 60.7 Å². The number of hydrogen-bond donors (Lipinski definition) is 0. The highest BCUT2D eigenvalue weighted by molar-refractivity contribution is 6.12. The molecule has 0 saturated carbocycles. The molecule has 0 spiro atoms. The van der Waals surface area contributed by atoms with Gasteiger partial charge in [-0.1, -0.05) is 115 Å². The number of nitrogens with zero attached hydrogens (tertiary/aromatic N) is 5. The van der Waals surface area contributed by atoms with Gasteiger partial charge in [-0.2, -0.15) is 0 Å². The van der Waals surface area contributed by atoms with Crippen LogP contribution in [0.3, 0.4) is 0 Å². The Balaban J connectivity index is 1.15. The van der Waals surface area contributed by atoms with Crippen LogP contribution in [0.4, 0.5) is 0 Å². The maximum absolute atomic E-state index is 5.02. The van der Waals surface area contributed by atoms with Gasteiger partial charge in [-0.15, -0.1) is 0 Å². The number of benzene rings is 7. The van der Waals surface area contributed by atoms with Crippen molar-refractivity contribution in [3.8, 4) is 45.5 Å². The van der Waals surface area contributed by atoms with Gasteiger partial charge in [-0.05, 0) is 73.5 Å². The van der Waals surface area contributed by atoms with Gasteiger partial charge in [-0.25, -0.2) is 15.0 Å². The number of para-hydroxylation sites is 3. The third kappa shape index (κ3) is 4.74. The van der Waals surface area contributed by atoms with Crippen LogP contribution in [0.2, 0.25) is 0 Å². The largest absolute Gasteiger partial charge is 0.309 e. The molecular formula is C47H33N5. The second-order valence-corrected chi connectivity index (χ2v) is 13.4. The fraction of sp³-hybridized carbons (Fsp3) is 0.0426. The number of fused-ring (bicyclic) bond motifs is 6. The molecule has 0 aliphatic heterocycles. The van der Waals surface area contributed by atoms with Gasteiger partial charge in [-0.3, -0.25) is 0 Å². The third-order valence-corrected chi connectivity index (χ3v) is 10.2. The van der Waals surface area contributed by atoms with E-state index in [0.29, 0.717) is 17.5 Å². The molecule has 0 saturated heterocycles. The summed E-state index contributed by atoms with van der Waals surface area (Å²) < 4.78 is 4.82. The van der Waals surface area contributed by atoms with Crippen LogP contribution in [-0.2, 0) is 0 Å². The summed E-state index contributed by atoms with van der Waals surface area (Å²) in [6.07, 6.45) is 0. The first-order valence-electron chi connectivity index (χ1n) is 17.6. The van der Waals surface area contributed by atoms with Gasteiger partial charge in [0.05, 0.1) is 27.8 Å². The van der Waals surface area contributed by atoms with Crippen molar-refractivity contribution in [2.24, 2.45) is 0 Å². The summed E-state index contributed by atoms with van der Waals surface area (Å²) in [6, 6.07) is 57.7. The Kier molecular flexibility index (Phi) is 6.86. The third-order valence-electron chi connectivity index (χ3n) is 10.2. The summed E-state index contributed by atoms with van der Waals surface area (Å²) in [5, 5.41) is 4.96. The average Bonchev–Trinajstić information content (AvgIpc) is 3.71. The van der Waals surface area contributed by atoms with Gasteiger partial charge in [0.15, 0.2) is 17.5 Å². The molecule has 3 heterocycles. The molecule has 7 aromatic carbocycles. The second-order valence-electron chi connectivity index (χ2n) is 13.4. The van der Waals surface area contributed by atoms with Crippen molar-refractivity contribution in [2.75, 3.05) is 0 Å². The lowest BCUT2D eigenvalue weighted by molar-refractivity contribution is 1.07. The van der Waals surface area contributed by atoms with E-state index in [1.54, 1.807) is 0 Å². The van der Waals surface area contributed by atoms with Crippen molar-refractivity contribution in [1.82, 2.24) is 24.1 Å². The van der Waals surface area contributed by atoms with Crippen LogP contribution in [0.25, 0.3) is 89.2 Å². The summed E-state index contributed by atoms with van der Waals surface area (Å²) in [7, 11) is 0. The van der Waals surface area contributed by atoms with E-state index in [0.717, 1.165) is 33.5 Å². The van der Waals surface area contributed by atoms with Crippen LogP contribution in [0.1, 0.15) is 11.1 Å². The maximum atomic E-state index is 5.02. The predicted octanol–water partition coefficient (Wildman–Crippen LogP) is 11.7. The van der Waals surface area contributed by atoms with Gasteiger partial charge >= 0.3 is 0 Å². The molecule has 10 aromatic rings. The monoisotopic (exact) mass is 667 g/mol. The predicted molar refractivity (Wildman–Crippen MR) is 214 cm³/mol. The zero-order valence-corrected chi connectivity index (χ0v) is 28.8. The first-order chi connectivity index (χ1) is 25.6. The zero-order chi connectivity index (χ0) is 34.8. The highest BCUT2D eigenvalue weighted by Crippen LogP contribution is 2.39. The lowest BCUT2D eigenvalue weighted by Crippen LogP contribution is -2.03. The first kappa shape index (κ1) is 30.0. The summed E-state index contributed by atoms with van der Waals surface area (Å²) in [6.45, 7) is 4.38. The van der Waals surface area contributed by atoms with Crippen molar-refractivity contribution in [3.63, 3.8) is 0 Å². The van der Waals surface area contributed by atoms with Crippen LogP contribution in [-0.4, -0.2) is 24.1 Å². The van der Waals surface area contributed by atoms with Crippen LogP contribution in [0.5, 0.6) is 0 Å². The lowest BCUT2D eigenvalue weighted by Gasteiger charge is -2.17. The quantitative estimate of drug-likeness (QED) is 0.184. The van der Waals surface area contributed by atoms with Crippen LogP contribution in [0, 0.1) is 13.8 Å². The molecule has 0 unspecified atom stereocenters. The number of rotatable bonds is 5. The molecule has 0 aliphatic carbocycles. The molecule has 0 N–H and O–H groups in total. The van der Waals surface area contributed by atoms with Gasteiger partial charge in [0.2, 0.25) is 0 Å². The maximum Gasteiger partial charge on any atom is 0.164 e. The average molecular weight is 668 g/mol. The number of aryl methyl sites for hydroxylation is 2. The van der Waals surface area contributed by atoms with Crippen LogP contribution < -0.4 is 0 Å². The molecule has 10 rings (SSSR count). The van der Waals surface area contributed by atoms with Crippen molar-refractivity contribution in [3.05, 3.63) is 175 Å². The highest BCUT2D eigenvalue weighted by Gasteiger charge is 2.20. The smallest absolute Gasteiger partial charge is 0.164 e. The van der Waals surface area contributed by atoms with E-state index in [1.165, 1.54) is 49.3 Å². The van der Waals surface area contributed by atoms with E-state index in [2.05, 4.69) is 126 Å². The Hall–Kier alpha value is -6.85. The number of hydrogen-bond acceptors (Lipinski definition) is 3. The second kappa shape index (κ2) is 11.9. The Bertz CT molecular complexity index is 2840. The molecule has 0 atom stereocenters. The van der Waals surface area contributed by atoms with E-state index in [4.69, 9.17) is 15.0 Å². The highest BCUT2D eigenvalue weighted by atomic mass is 15.0. The fourth-order valence-corrected chi connectivity index (χ4v) is 7.92.